The number of carbonyl (C=O) groups is 2. The molecule has 2 aromatic rings. The Morgan fingerprint density at radius 1 is 1.09 bits per heavy atom. The van der Waals surface area contributed by atoms with E-state index < -0.39 is 0 Å². The Morgan fingerprint density at radius 3 is 2.66 bits per heavy atom. The standard InChI is InChI=1S/C25H30N2O5/c1-3-26-15-18-16-32-25-20(11-8-12-21(25)30-4-2)24(18)27(14-13-22(26)28)23(29)17-31-19-9-6-5-7-10-19/h5-12,18,24H,3-4,13-17H2,1-2H3/t18-,24-/m0/s1. The molecule has 0 unspecified atom stereocenters. The predicted molar refractivity (Wildman–Crippen MR) is 120 cm³/mol. The highest BCUT2D eigenvalue weighted by molar-refractivity contribution is 5.81. The van der Waals surface area contributed by atoms with Crippen LogP contribution in [0.5, 0.6) is 17.2 Å². The van der Waals surface area contributed by atoms with Gasteiger partial charge in [-0.25, -0.2) is 0 Å². The molecule has 2 aromatic carbocycles. The summed E-state index contributed by atoms with van der Waals surface area (Å²) < 4.78 is 17.7. The zero-order chi connectivity index (χ0) is 22.5. The van der Waals surface area contributed by atoms with Crippen LogP contribution in [-0.2, 0) is 9.59 Å². The van der Waals surface area contributed by atoms with Crippen LogP contribution in [0.1, 0.15) is 31.9 Å². The molecule has 7 nitrogen and oxygen atoms in total. The van der Waals surface area contributed by atoms with Gasteiger partial charge in [0.2, 0.25) is 5.91 Å². The molecule has 0 bridgehead atoms. The smallest absolute Gasteiger partial charge is 0.261 e. The van der Waals surface area contributed by atoms with Crippen LogP contribution in [0.3, 0.4) is 0 Å². The number of benzene rings is 2. The molecule has 0 aliphatic carbocycles. The van der Waals surface area contributed by atoms with Crippen molar-refractivity contribution in [3.8, 4) is 17.2 Å². The molecule has 32 heavy (non-hydrogen) atoms. The van der Waals surface area contributed by atoms with Gasteiger partial charge in [0.25, 0.3) is 5.91 Å². The van der Waals surface area contributed by atoms with Crippen LogP contribution in [0.15, 0.2) is 48.5 Å². The molecule has 0 aromatic heterocycles. The number of ether oxygens (including phenoxy) is 3. The van der Waals surface area contributed by atoms with Crippen molar-refractivity contribution >= 4 is 11.8 Å². The van der Waals surface area contributed by atoms with Crippen molar-refractivity contribution in [1.29, 1.82) is 0 Å². The third kappa shape index (κ3) is 4.52. The molecule has 2 aliphatic heterocycles. The topological polar surface area (TPSA) is 68.3 Å². The fourth-order valence-corrected chi connectivity index (χ4v) is 4.53. The van der Waals surface area contributed by atoms with Gasteiger partial charge in [-0.1, -0.05) is 30.3 Å². The predicted octanol–water partition coefficient (Wildman–Crippen LogP) is 3.29. The number of amides is 2. The second-order valence-electron chi connectivity index (χ2n) is 7.99. The van der Waals surface area contributed by atoms with Crippen LogP contribution in [0.2, 0.25) is 0 Å². The van der Waals surface area contributed by atoms with Crippen molar-refractivity contribution in [3.05, 3.63) is 54.1 Å². The zero-order valence-electron chi connectivity index (χ0n) is 18.7. The molecule has 1 fully saturated rings. The molecule has 2 amide bonds. The summed E-state index contributed by atoms with van der Waals surface area (Å²) in [5, 5.41) is 0. The van der Waals surface area contributed by atoms with E-state index in [1.807, 2.05) is 67.3 Å². The molecule has 170 valence electrons. The lowest BCUT2D eigenvalue weighted by atomic mass is 9.87. The van der Waals surface area contributed by atoms with Crippen molar-refractivity contribution in [2.24, 2.45) is 5.92 Å². The second kappa shape index (κ2) is 9.94. The van der Waals surface area contributed by atoms with E-state index in [9.17, 15) is 9.59 Å². The highest BCUT2D eigenvalue weighted by atomic mass is 16.5. The van der Waals surface area contributed by atoms with Gasteiger partial charge in [0.1, 0.15) is 5.75 Å². The number of hydrogen-bond acceptors (Lipinski definition) is 5. The first-order valence-corrected chi connectivity index (χ1v) is 11.3. The summed E-state index contributed by atoms with van der Waals surface area (Å²) in [7, 11) is 0. The van der Waals surface area contributed by atoms with E-state index in [4.69, 9.17) is 14.2 Å². The largest absolute Gasteiger partial charge is 0.490 e. The maximum absolute atomic E-state index is 13.4. The van der Waals surface area contributed by atoms with Gasteiger partial charge in [-0.3, -0.25) is 9.59 Å². The van der Waals surface area contributed by atoms with E-state index in [2.05, 4.69) is 0 Å². The minimum atomic E-state index is -0.215. The number of para-hydroxylation sites is 2. The third-order valence-corrected chi connectivity index (χ3v) is 6.03. The number of nitrogens with zero attached hydrogens (tertiary/aromatic N) is 2. The van der Waals surface area contributed by atoms with Crippen molar-refractivity contribution in [2.45, 2.75) is 26.3 Å². The Labute approximate surface area is 188 Å². The summed E-state index contributed by atoms with van der Waals surface area (Å²) >= 11 is 0. The fourth-order valence-electron chi connectivity index (χ4n) is 4.53. The number of rotatable bonds is 6. The van der Waals surface area contributed by atoms with E-state index in [1.54, 1.807) is 4.90 Å². The summed E-state index contributed by atoms with van der Waals surface area (Å²) in [6.07, 6.45) is 0.287. The lowest BCUT2D eigenvalue weighted by molar-refractivity contribution is -0.143. The molecule has 4 rings (SSSR count). The molecule has 7 heteroatoms. The van der Waals surface area contributed by atoms with Gasteiger partial charge in [0.05, 0.1) is 19.3 Å². The maximum atomic E-state index is 13.4. The van der Waals surface area contributed by atoms with Gasteiger partial charge in [0.15, 0.2) is 18.1 Å². The normalized spacial score (nSPS) is 20.4. The zero-order valence-corrected chi connectivity index (χ0v) is 18.7. The maximum Gasteiger partial charge on any atom is 0.261 e. The first-order valence-electron chi connectivity index (χ1n) is 11.3. The molecule has 0 radical (unpaired) electrons. The van der Waals surface area contributed by atoms with Gasteiger partial charge in [-0.2, -0.15) is 0 Å². The molecule has 2 aliphatic rings. The molecule has 0 spiro atoms. The lowest BCUT2D eigenvalue weighted by Crippen LogP contribution is -2.52. The fraction of sp³-hybridized carbons (Fsp3) is 0.440. The molecule has 1 saturated heterocycles. The van der Waals surface area contributed by atoms with E-state index in [1.165, 1.54) is 0 Å². The summed E-state index contributed by atoms with van der Waals surface area (Å²) in [4.78, 5) is 29.7. The van der Waals surface area contributed by atoms with Crippen LogP contribution in [0.4, 0.5) is 0 Å². The lowest BCUT2D eigenvalue weighted by Gasteiger charge is -2.44. The van der Waals surface area contributed by atoms with Gasteiger partial charge < -0.3 is 24.0 Å². The van der Waals surface area contributed by atoms with E-state index in [-0.39, 0.29) is 36.8 Å². The SMILES string of the molecule is CCOc1cccc2c1OC[C@@H]1CN(CC)C(=O)CCN(C(=O)COc3ccccc3)[C@H]21. The van der Waals surface area contributed by atoms with Crippen molar-refractivity contribution in [2.75, 3.05) is 39.5 Å². The van der Waals surface area contributed by atoms with Crippen molar-refractivity contribution in [3.63, 3.8) is 0 Å². The van der Waals surface area contributed by atoms with Crippen molar-refractivity contribution < 1.29 is 23.8 Å². The number of carbonyl (C=O) groups excluding carboxylic acids is 2. The Bertz CT molecular complexity index is 949. The Balaban J connectivity index is 1.66. The molecule has 0 saturated carbocycles. The summed E-state index contributed by atoms with van der Waals surface area (Å²) in [5.74, 6) is 1.89. The number of hydrogen-bond donors (Lipinski definition) is 0. The average Bonchev–Trinajstić information content (AvgIpc) is 2.81. The summed E-state index contributed by atoms with van der Waals surface area (Å²) in [6, 6.07) is 14.9. The van der Waals surface area contributed by atoms with Crippen LogP contribution in [-0.4, -0.2) is 61.1 Å². The molecular weight excluding hydrogens is 408 g/mol. The Hall–Kier alpha value is -3.22. The molecular formula is C25H30N2O5. The van der Waals surface area contributed by atoms with E-state index >= 15 is 0 Å². The highest BCUT2D eigenvalue weighted by Crippen LogP contribution is 2.45. The Kier molecular flexibility index (Phi) is 6.83. The third-order valence-electron chi connectivity index (χ3n) is 6.03. The molecule has 0 N–H and O–H groups in total. The minimum Gasteiger partial charge on any atom is -0.490 e. The van der Waals surface area contributed by atoms with E-state index in [0.717, 1.165) is 5.56 Å². The van der Waals surface area contributed by atoms with E-state index in [0.29, 0.717) is 50.1 Å². The Morgan fingerprint density at radius 2 is 1.91 bits per heavy atom. The van der Waals surface area contributed by atoms with Crippen LogP contribution in [0.25, 0.3) is 0 Å². The second-order valence-corrected chi connectivity index (χ2v) is 7.99. The first-order chi connectivity index (χ1) is 15.6. The van der Waals surface area contributed by atoms with Crippen LogP contribution in [0, 0.1) is 5.92 Å². The van der Waals surface area contributed by atoms with Gasteiger partial charge in [-0.15, -0.1) is 0 Å². The number of fused-ring (bicyclic) bond motifs is 3. The summed E-state index contributed by atoms with van der Waals surface area (Å²) in [6.45, 7) is 6.29. The van der Waals surface area contributed by atoms with Crippen LogP contribution < -0.4 is 14.2 Å². The van der Waals surface area contributed by atoms with Crippen molar-refractivity contribution in [1.82, 2.24) is 9.80 Å². The highest BCUT2D eigenvalue weighted by Gasteiger charge is 2.41. The van der Waals surface area contributed by atoms with Crippen LogP contribution >= 0.6 is 0 Å². The monoisotopic (exact) mass is 438 g/mol. The molecule has 2 atom stereocenters. The van der Waals surface area contributed by atoms with Gasteiger partial charge in [0, 0.05) is 37.5 Å². The minimum absolute atomic E-state index is 0.0377. The summed E-state index contributed by atoms with van der Waals surface area (Å²) in [5.41, 5.74) is 0.922. The van der Waals surface area contributed by atoms with Gasteiger partial charge >= 0.3 is 0 Å². The van der Waals surface area contributed by atoms with Gasteiger partial charge in [-0.05, 0) is 32.0 Å². The quantitative estimate of drug-likeness (QED) is 0.692. The molecule has 2 heterocycles. The first kappa shape index (κ1) is 22.0. The average molecular weight is 439 g/mol.